The van der Waals surface area contributed by atoms with Crippen molar-refractivity contribution in [3.8, 4) is 0 Å². The predicted molar refractivity (Wildman–Crippen MR) is 70.2 cm³/mol. The van der Waals surface area contributed by atoms with Crippen LogP contribution in [0, 0.1) is 12.7 Å². The number of hydrogen-bond acceptors (Lipinski definition) is 3. The summed E-state index contributed by atoms with van der Waals surface area (Å²) >= 11 is 5.65. The van der Waals surface area contributed by atoms with Crippen LogP contribution in [-0.4, -0.2) is 10.2 Å². The molecule has 1 N–H and O–H groups in total. The zero-order valence-electron chi connectivity index (χ0n) is 10.1. The number of nitrogens with zero attached hydrogens (tertiary/aromatic N) is 2. The summed E-state index contributed by atoms with van der Waals surface area (Å²) in [4.78, 5) is 0. The Bertz CT molecular complexity index is 542. The topological polar surface area (TPSA) is 37.8 Å². The fourth-order valence-corrected chi connectivity index (χ4v) is 1.68. The summed E-state index contributed by atoms with van der Waals surface area (Å²) in [5, 5.41) is 11.1. The number of benzene rings is 1. The summed E-state index contributed by atoms with van der Waals surface area (Å²) < 4.78 is 13.5. The molecule has 0 radical (unpaired) electrons. The molecule has 0 aliphatic rings. The molecule has 2 rings (SSSR count). The van der Waals surface area contributed by atoms with Gasteiger partial charge in [-0.1, -0.05) is 23.7 Å². The van der Waals surface area contributed by atoms with Crippen LogP contribution in [0.5, 0.6) is 0 Å². The predicted octanol–water partition coefficient (Wildman–Crippen LogP) is 3.75. The Morgan fingerprint density at radius 2 is 2.00 bits per heavy atom. The molecule has 2 aromatic rings. The Morgan fingerprint density at radius 1 is 1.22 bits per heavy atom. The highest BCUT2D eigenvalue weighted by atomic mass is 35.5. The number of aryl methyl sites for hydroxylation is 1. The fraction of sp³-hybridized carbons (Fsp3) is 0.231. The molecular weight excluding hydrogens is 253 g/mol. The first-order valence-corrected chi connectivity index (χ1v) is 5.96. The van der Waals surface area contributed by atoms with Crippen molar-refractivity contribution < 1.29 is 4.39 Å². The first kappa shape index (κ1) is 12.8. The van der Waals surface area contributed by atoms with Gasteiger partial charge in [0.05, 0.1) is 6.04 Å². The highest BCUT2D eigenvalue weighted by Crippen LogP contribution is 2.20. The fourth-order valence-electron chi connectivity index (χ4n) is 1.58. The quantitative estimate of drug-likeness (QED) is 0.918. The van der Waals surface area contributed by atoms with Gasteiger partial charge in [0, 0.05) is 0 Å². The Kier molecular flexibility index (Phi) is 3.77. The Labute approximate surface area is 110 Å². The molecule has 0 amide bonds. The molecule has 1 atom stereocenters. The first-order valence-electron chi connectivity index (χ1n) is 5.58. The van der Waals surface area contributed by atoms with Crippen LogP contribution in [0.3, 0.4) is 0 Å². The van der Waals surface area contributed by atoms with E-state index in [0.717, 1.165) is 5.56 Å². The lowest BCUT2D eigenvalue weighted by molar-refractivity contribution is 0.614. The van der Waals surface area contributed by atoms with Crippen molar-refractivity contribution >= 4 is 17.4 Å². The number of anilines is 1. The number of rotatable bonds is 3. The lowest BCUT2D eigenvalue weighted by Gasteiger charge is -2.15. The lowest BCUT2D eigenvalue weighted by Crippen LogP contribution is -2.08. The molecule has 1 aromatic heterocycles. The van der Waals surface area contributed by atoms with E-state index in [2.05, 4.69) is 15.5 Å². The van der Waals surface area contributed by atoms with E-state index in [1.807, 2.05) is 13.0 Å². The van der Waals surface area contributed by atoms with Crippen LogP contribution in [0.15, 0.2) is 30.3 Å². The normalized spacial score (nSPS) is 12.2. The molecule has 0 bridgehead atoms. The molecule has 0 saturated heterocycles. The van der Waals surface area contributed by atoms with Gasteiger partial charge in [0.15, 0.2) is 5.15 Å². The number of nitrogens with one attached hydrogen (secondary N) is 1. The molecule has 1 aromatic carbocycles. The second-order valence-electron chi connectivity index (χ2n) is 4.12. The average Bonchev–Trinajstić information content (AvgIpc) is 2.35. The second kappa shape index (κ2) is 5.31. The molecule has 0 aliphatic heterocycles. The van der Waals surface area contributed by atoms with E-state index in [4.69, 9.17) is 11.6 Å². The molecular formula is C13H13ClFN3. The van der Waals surface area contributed by atoms with E-state index >= 15 is 0 Å². The zero-order chi connectivity index (χ0) is 13.1. The van der Waals surface area contributed by atoms with Crippen LogP contribution >= 0.6 is 11.6 Å². The summed E-state index contributed by atoms with van der Waals surface area (Å²) in [7, 11) is 0. The van der Waals surface area contributed by atoms with Gasteiger partial charge in [-0.15, -0.1) is 10.2 Å². The third-order valence-electron chi connectivity index (χ3n) is 2.69. The van der Waals surface area contributed by atoms with Gasteiger partial charge in [0.25, 0.3) is 0 Å². The van der Waals surface area contributed by atoms with Crippen LogP contribution in [-0.2, 0) is 0 Å². The molecule has 0 spiro atoms. The van der Waals surface area contributed by atoms with E-state index in [0.29, 0.717) is 16.5 Å². The van der Waals surface area contributed by atoms with E-state index in [1.165, 1.54) is 6.07 Å². The van der Waals surface area contributed by atoms with E-state index in [-0.39, 0.29) is 11.9 Å². The second-order valence-corrected chi connectivity index (χ2v) is 4.50. The van der Waals surface area contributed by atoms with Crippen molar-refractivity contribution in [2.24, 2.45) is 0 Å². The molecule has 18 heavy (non-hydrogen) atoms. The molecule has 94 valence electrons. The number of halogens is 2. The molecule has 0 fully saturated rings. The minimum Gasteiger partial charge on any atom is -0.362 e. The highest BCUT2D eigenvalue weighted by molar-refractivity contribution is 6.29. The summed E-state index contributed by atoms with van der Waals surface area (Å²) in [6.07, 6.45) is 0. The van der Waals surface area contributed by atoms with Crippen molar-refractivity contribution in [1.82, 2.24) is 10.2 Å². The van der Waals surface area contributed by atoms with Crippen molar-refractivity contribution in [3.63, 3.8) is 0 Å². The smallest absolute Gasteiger partial charge is 0.151 e. The van der Waals surface area contributed by atoms with Crippen LogP contribution in [0.2, 0.25) is 5.15 Å². The minimum atomic E-state index is -0.205. The lowest BCUT2D eigenvalue weighted by atomic mass is 10.1. The van der Waals surface area contributed by atoms with E-state index in [1.54, 1.807) is 25.1 Å². The minimum absolute atomic E-state index is 0.0597. The molecule has 1 unspecified atom stereocenters. The van der Waals surface area contributed by atoms with Crippen LogP contribution in [0.25, 0.3) is 0 Å². The first-order chi connectivity index (χ1) is 8.56. The van der Waals surface area contributed by atoms with Gasteiger partial charge >= 0.3 is 0 Å². The third kappa shape index (κ3) is 2.96. The van der Waals surface area contributed by atoms with Crippen molar-refractivity contribution in [1.29, 1.82) is 0 Å². The van der Waals surface area contributed by atoms with Gasteiger partial charge in [0.2, 0.25) is 0 Å². The number of hydrogen-bond donors (Lipinski definition) is 1. The van der Waals surface area contributed by atoms with Gasteiger partial charge in [-0.05, 0) is 43.2 Å². The van der Waals surface area contributed by atoms with Crippen LogP contribution in [0.4, 0.5) is 10.2 Å². The van der Waals surface area contributed by atoms with Crippen molar-refractivity contribution in [3.05, 3.63) is 52.4 Å². The van der Waals surface area contributed by atoms with Gasteiger partial charge in [-0.3, -0.25) is 0 Å². The van der Waals surface area contributed by atoms with E-state index < -0.39 is 0 Å². The SMILES string of the molecule is Cc1ccc(C(C)Nc2ccc(Cl)nn2)cc1F. The standard InChI is InChI=1S/C13H13ClFN3/c1-8-3-4-10(7-11(8)15)9(2)16-13-6-5-12(14)17-18-13/h3-7,9H,1-2H3,(H,16,18). The summed E-state index contributed by atoms with van der Waals surface area (Å²) in [6.45, 7) is 3.67. The Hall–Kier alpha value is -1.68. The van der Waals surface area contributed by atoms with E-state index in [9.17, 15) is 4.39 Å². The summed E-state index contributed by atoms with van der Waals surface area (Å²) in [5.74, 6) is 0.399. The summed E-state index contributed by atoms with van der Waals surface area (Å²) in [5.41, 5.74) is 1.49. The maximum Gasteiger partial charge on any atom is 0.151 e. The third-order valence-corrected chi connectivity index (χ3v) is 2.89. The monoisotopic (exact) mass is 265 g/mol. The molecule has 0 aliphatic carbocycles. The molecule has 1 heterocycles. The maximum absolute atomic E-state index is 13.5. The van der Waals surface area contributed by atoms with Gasteiger partial charge in [-0.2, -0.15) is 0 Å². The van der Waals surface area contributed by atoms with Crippen molar-refractivity contribution in [2.45, 2.75) is 19.9 Å². The zero-order valence-corrected chi connectivity index (χ0v) is 10.9. The van der Waals surface area contributed by atoms with Gasteiger partial charge < -0.3 is 5.32 Å². The van der Waals surface area contributed by atoms with Crippen molar-refractivity contribution in [2.75, 3.05) is 5.32 Å². The largest absolute Gasteiger partial charge is 0.362 e. The number of aromatic nitrogens is 2. The molecule has 0 saturated carbocycles. The molecule has 5 heteroatoms. The highest BCUT2D eigenvalue weighted by Gasteiger charge is 2.08. The average molecular weight is 266 g/mol. The van der Waals surface area contributed by atoms with Crippen LogP contribution < -0.4 is 5.32 Å². The Morgan fingerprint density at radius 3 is 2.61 bits per heavy atom. The van der Waals surface area contributed by atoms with Gasteiger partial charge in [-0.25, -0.2) is 4.39 Å². The van der Waals surface area contributed by atoms with Gasteiger partial charge in [0.1, 0.15) is 11.6 Å². The van der Waals surface area contributed by atoms with Crippen LogP contribution in [0.1, 0.15) is 24.1 Å². The maximum atomic E-state index is 13.5. The molecule has 3 nitrogen and oxygen atoms in total. The Balaban J connectivity index is 2.13. The summed E-state index contributed by atoms with van der Waals surface area (Å²) in [6, 6.07) is 8.50.